The molecule has 6 nitrogen and oxygen atoms in total. The first-order chi connectivity index (χ1) is 8.04. The minimum absolute atomic E-state index is 0. The molecule has 1 atom stereocenters. The Kier molecular flexibility index (Phi) is 5.15. The topological polar surface area (TPSA) is 90.0 Å². The van der Waals surface area contributed by atoms with E-state index in [0.717, 1.165) is 12.8 Å². The molecule has 104 valence electrons. The van der Waals surface area contributed by atoms with Crippen LogP contribution in [0.15, 0.2) is 17.3 Å². The van der Waals surface area contributed by atoms with Crippen molar-refractivity contribution in [2.75, 3.05) is 6.54 Å². The molecule has 0 spiro atoms. The van der Waals surface area contributed by atoms with Crippen LogP contribution in [0.3, 0.4) is 0 Å². The van der Waals surface area contributed by atoms with Gasteiger partial charge in [-0.15, -0.1) is 12.4 Å². The van der Waals surface area contributed by atoms with Crippen molar-refractivity contribution in [1.82, 2.24) is 14.5 Å². The molecular formula is C10H19ClN4O2S. The molecular weight excluding hydrogens is 276 g/mol. The molecule has 3 N–H and O–H groups in total. The molecule has 8 heteroatoms. The predicted molar refractivity (Wildman–Crippen MR) is 71.0 cm³/mol. The summed E-state index contributed by atoms with van der Waals surface area (Å²) in [5, 5.41) is 4.14. The van der Waals surface area contributed by atoms with E-state index in [-0.39, 0.29) is 23.5 Å². The quantitative estimate of drug-likeness (QED) is 0.792. The van der Waals surface area contributed by atoms with E-state index < -0.39 is 10.0 Å². The van der Waals surface area contributed by atoms with Crippen LogP contribution in [-0.2, 0) is 16.6 Å². The summed E-state index contributed by atoms with van der Waals surface area (Å²) in [6.07, 6.45) is 3.70. The Labute approximate surface area is 113 Å². The van der Waals surface area contributed by atoms with Crippen LogP contribution in [0.2, 0.25) is 0 Å². The maximum atomic E-state index is 12.0. The number of nitrogens with two attached hydrogens (primary N) is 1. The highest BCUT2D eigenvalue weighted by Gasteiger charge is 2.29. The summed E-state index contributed by atoms with van der Waals surface area (Å²) in [5.41, 5.74) is 5.86. The lowest BCUT2D eigenvalue weighted by molar-refractivity contribution is 0.526. The standard InChI is InChI=1S/C10H18N4O2S.ClH/c1-2-14-10(5-6-12-14)17(15,16)13-7-9(11)8-3-4-8;/h5-6,8-9,13H,2-4,7,11H2,1H3;1H. The summed E-state index contributed by atoms with van der Waals surface area (Å²) >= 11 is 0. The summed E-state index contributed by atoms with van der Waals surface area (Å²) in [6, 6.07) is 1.41. The van der Waals surface area contributed by atoms with Gasteiger partial charge in [-0.05, 0) is 31.7 Å². The lowest BCUT2D eigenvalue weighted by Crippen LogP contribution is -2.39. The normalized spacial score (nSPS) is 17.2. The van der Waals surface area contributed by atoms with Gasteiger partial charge in [0.25, 0.3) is 10.0 Å². The largest absolute Gasteiger partial charge is 0.326 e. The number of rotatable bonds is 6. The van der Waals surface area contributed by atoms with Gasteiger partial charge in [-0.1, -0.05) is 0 Å². The molecule has 0 bridgehead atoms. The van der Waals surface area contributed by atoms with Crippen LogP contribution in [-0.4, -0.2) is 30.8 Å². The van der Waals surface area contributed by atoms with Crippen LogP contribution in [0.4, 0.5) is 0 Å². The predicted octanol–water partition coefficient (Wildman–Crippen LogP) is 0.340. The molecule has 18 heavy (non-hydrogen) atoms. The van der Waals surface area contributed by atoms with Gasteiger partial charge in [-0.25, -0.2) is 13.1 Å². The fourth-order valence-corrected chi connectivity index (χ4v) is 3.01. The van der Waals surface area contributed by atoms with Gasteiger partial charge in [-0.2, -0.15) is 5.10 Å². The number of hydrogen-bond donors (Lipinski definition) is 2. The Morgan fingerprint density at radius 2 is 2.28 bits per heavy atom. The molecule has 1 aliphatic carbocycles. The van der Waals surface area contributed by atoms with E-state index >= 15 is 0 Å². The monoisotopic (exact) mass is 294 g/mol. The van der Waals surface area contributed by atoms with E-state index in [1.54, 1.807) is 0 Å². The van der Waals surface area contributed by atoms with Crippen LogP contribution >= 0.6 is 12.4 Å². The first kappa shape index (κ1) is 15.4. The molecule has 0 saturated heterocycles. The van der Waals surface area contributed by atoms with Crippen molar-refractivity contribution >= 4 is 22.4 Å². The Hall–Kier alpha value is -0.630. The SMILES string of the molecule is CCn1nccc1S(=O)(=O)NCC(N)C1CC1.Cl. The lowest BCUT2D eigenvalue weighted by atomic mass is 10.2. The van der Waals surface area contributed by atoms with Gasteiger partial charge < -0.3 is 5.73 Å². The molecule has 1 aliphatic rings. The van der Waals surface area contributed by atoms with Gasteiger partial charge in [0, 0.05) is 19.1 Å². The second kappa shape index (κ2) is 6.01. The average Bonchev–Trinajstić information content (AvgIpc) is 3.03. The van der Waals surface area contributed by atoms with E-state index in [4.69, 9.17) is 5.73 Å². The van der Waals surface area contributed by atoms with Gasteiger partial charge in [0.1, 0.15) is 0 Å². The molecule has 0 aliphatic heterocycles. The van der Waals surface area contributed by atoms with E-state index in [9.17, 15) is 8.42 Å². The van der Waals surface area contributed by atoms with E-state index in [1.165, 1.54) is 16.9 Å². The molecule has 1 aromatic heterocycles. The summed E-state index contributed by atoms with van der Waals surface area (Å²) in [4.78, 5) is 0. The number of nitrogens with one attached hydrogen (secondary N) is 1. The molecule has 0 radical (unpaired) electrons. The van der Waals surface area contributed by atoms with E-state index in [0.29, 0.717) is 19.0 Å². The maximum absolute atomic E-state index is 12.0. The highest BCUT2D eigenvalue weighted by Crippen LogP contribution is 2.31. The van der Waals surface area contributed by atoms with Crippen LogP contribution < -0.4 is 10.5 Å². The van der Waals surface area contributed by atoms with Crippen molar-refractivity contribution in [3.8, 4) is 0 Å². The molecule has 0 amide bonds. The highest BCUT2D eigenvalue weighted by molar-refractivity contribution is 7.89. The first-order valence-electron chi connectivity index (χ1n) is 5.81. The van der Waals surface area contributed by atoms with Gasteiger partial charge in [-0.3, -0.25) is 4.68 Å². The summed E-state index contributed by atoms with van der Waals surface area (Å²) in [5.74, 6) is 0.480. The van der Waals surface area contributed by atoms with Crippen LogP contribution in [0.5, 0.6) is 0 Å². The second-order valence-corrected chi connectivity index (χ2v) is 6.05. The third-order valence-corrected chi connectivity index (χ3v) is 4.43. The van der Waals surface area contributed by atoms with Crippen molar-refractivity contribution in [2.45, 2.75) is 37.4 Å². The van der Waals surface area contributed by atoms with Crippen molar-refractivity contribution in [1.29, 1.82) is 0 Å². The zero-order chi connectivity index (χ0) is 12.5. The summed E-state index contributed by atoms with van der Waals surface area (Å²) in [7, 11) is -3.49. The van der Waals surface area contributed by atoms with Gasteiger partial charge in [0.05, 0.1) is 6.20 Å². The summed E-state index contributed by atoms with van der Waals surface area (Å²) < 4.78 is 28.0. The average molecular weight is 295 g/mol. The fourth-order valence-electron chi connectivity index (χ4n) is 1.76. The Morgan fingerprint density at radius 3 is 2.83 bits per heavy atom. The number of aryl methyl sites for hydroxylation is 1. The maximum Gasteiger partial charge on any atom is 0.257 e. The van der Waals surface area contributed by atoms with Crippen molar-refractivity contribution in [3.63, 3.8) is 0 Å². The lowest BCUT2D eigenvalue weighted by Gasteiger charge is -2.12. The molecule has 1 saturated carbocycles. The third-order valence-electron chi connectivity index (χ3n) is 2.99. The number of aromatic nitrogens is 2. The molecule has 1 heterocycles. The molecule has 0 aromatic carbocycles. The highest BCUT2D eigenvalue weighted by atomic mass is 35.5. The minimum atomic E-state index is -3.49. The van der Waals surface area contributed by atoms with E-state index in [2.05, 4.69) is 9.82 Å². The number of nitrogens with zero attached hydrogens (tertiary/aromatic N) is 2. The number of sulfonamides is 1. The zero-order valence-corrected chi connectivity index (χ0v) is 11.9. The van der Waals surface area contributed by atoms with Crippen LogP contribution in [0.1, 0.15) is 19.8 Å². The Bertz CT molecular complexity index is 484. The number of hydrogen-bond acceptors (Lipinski definition) is 4. The first-order valence-corrected chi connectivity index (χ1v) is 7.30. The fraction of sp³-hybridized carbons (Fsp3) is 0.700. The molecule has 1 aromatic rings. The Morgan fingerprint density at radius 1 is 1.61 bits per heavy atom. The minimum Gasteiger partial charge on any atom is -0.326 e. The van der Waals surface area contributed by atoms with Crippen LogP contribution in [0.25, 0.3) is 0 Å². The second-order valence-electron chi connectivity index (χ2n) is 4.34. The van der Waals surface area contributed by atoms with Gasteiger partial charge in [0.15, 0.2) is 5.03 Å². The van der Waals surface area contributed by atoms with Crippen molar-refractivity contribution in [2.24, 2.45) is 11.7 Å². The van der Waals surface area contributed by atoms with Crippen LogP contribution in [0, 0.1) is 5.92 Å². The molecule has 1 unspecified atom stereocenters. The molecule has 2 rings (SSSR count). The van der Waals surface area contributed by atoms with Gasteiger partial charge >= 0.3 is 0 Å². The Balaban J connectivity index is 0.00000162. The summed E-state index contributed by atoms with van der Waals surface area (Å²) in [6.45, 7) is 2.67. The zero-order valence-electron chi connectivity index (χ0n) is 10.2. The number of halogens is 1. The third kappa shape index (κ3) is 3.44. The van der Waals surface area contributed by atoms with Crippen molar-refractivity contribution < 1.29 is 8.42 Å². The molecule has 1 fully saturated rings. The van der Waals surface area contributed by atoms with Crippen molar-refractivity contribution in [3.05, 3.63) is 12.3 Å². The van der Waals surface area contributed by atoms with E-state index in [1.807, 2.05) is 6.92 Å². The van der Waals surface area contributed by atoms with Gasteiger partial charge in [0.2, 0.25) is 0 Å². The smallest absolute Gasteiger partial charge is 0.257 e.